The van der Waals surface area contributed by atoms with E-state index in [1.807, 2.05) is 37.3 Å². The van der Waals surface area contributed by atoms with Crippen molar-refractivity contribution >= 4 is 28.2 Å². The molecule has 0 unspecified atom stereocenters. The second-order valence-electron chi connectivity index (χ2n) is 4.70. The average Bonchev–Trinajstić information content (AvgIpc) is 2.49. The molecule has 98 valence electrons. The van der Waals surface area contributed by atoms with Crippen LogP contribution in [-0.4, -0.2) is 10.8 Å². The van der Waals surface area contributed by atoms with Crippen molar-refractivity contribution < 1.29 is 4.79 Å². The minimum Gasteiger partial charge on any atom is -0.289 e. The molecule has 0 aliphatic rings. The van der Waals surface area contributed by atoms with Crippen LogP contribution in [0.15, 0.2) is 54.9 Å². The molecule has 0 fully saturated rings. The highest BCUT2D eigenvalue weighted by atomic mass is 35.5. The minimum atomic E-state index is -0.0591. The van der Waals surface area contributed by atoms with Gasteiger partial charge in [-0.3, -0.25) is 9.78 Å². The van der Waals surface area contributed by atoms with E-state index in [-0.39, 0.29) is 5.78 Å². The quantitative estimate of drug-likeness (QED) is 0.651. The number of nitrogens with zero attached hydrogens (tertiary/aromatic N) is 1. The number of aryl methyl sites for hydroxylation is 1. The molecule has 0 N–H and O–H groups in total. The Morgan fingerprint density at radius 1 is 1.10 bits per heavy atom. The monoisotopic (exact) mass is 281 g/mol. The smallest absolute Gasteiger partial charge is 0.195 e. The summed E-state index contributed by atoms with van der Waals surface area (Å²) >= 11 is 6.10. The standard InChI is InChI=1S/C17H12ClNO/c1-11-6-7-12(8-16(11)18)17(20)15-10-19-9-13-4-2-3-5-14(13)15/h2-10H,1H3. The summed E-state index contributed by atoms with van der Waals surface area (Å²) in [7, 11) is 0. The molecular formula is C17H12ClNO. The Morgan fingerprint density at radius 2 is 1.90 bits per heavy atom. The van der Waals surface area contributed by atoms with Crippen molar-refractivity contribution in [3.05, 3.63) is 76.6 Å². The number of carbonyl (C=O) groups excluding carboxylic acids is 1. The number of hydrogen-bond donors (Lipinski definition) is 0. The van der Waals surface area contributed by atoms with Gasteiger partial charge in [-0.1, -0.05) is 48.0 Å². The molecule has 2 aromatic carbocycles. The van der Waals surface area contributed by atoms with E-state index in [2.05, 4.69) is 4.98 Å². The fourth-order valence-corrected chi connectivity index (χ4v) is 2.37. The van der Waals surface area contributed by atoms with Crippen LogP contribution in [0.3, 0.4) is 0 Å². The fraction of sp³-hybridized carbons (Fsp3) is 0.0588. The van der Waals surface area contributed by atoms with Crippen LogP contribution in [0.4, 0.5) is 0 Å². The van der Waals surface area contributed by atoms with Gasteiger partial charge < -0.3 is 0 Å². The Morgan fingerprint density at radius 3 is 2.70 bits per heavy atom. The SMILES string of the molecule is Cc1ccc(C(=O)c2cncc3ccccc23)cc1Cl. The third-order valence-corrected chi connectivity index (χ3v) is 3.75. The first kappa shape index (κ1) is 12.8. The number of halogens is 1. The van der Waals surface area contributed by atoms with E-state index >= 15 is 0 Å². The van der Waals surface area contributed by atoms with Crippen molar-refractivity contribution in [1.29, 1.82) is 0 Å². The highest BCUT2D eigenvalue weighted by Gasteiger charge is 2.13. The highest BCUT2D eigenvalue weighted by molar-refractivity contribution is 6.32. The molecule has 3 heteroatoms. The summed E-state index contributed by atoms with van der Waals surface area (Å²) < 4.78 is 0. The van der Waals surface area contributed by atoms with E-state index < -0.39 is 0 Å². The molecule has 0 atom stereocenters. The molecule has 1 heterocycles. The number of aromatic nitrogens is 1. The van der Waals surface area contributed by atoms with E-state index in [0.717, 1.165) is 16.3 Å². The summed E-state index contributed by atoms with van der Waals surface area (Å²) in [4.78, 5) is 16.8. The largest absolute Gasteiger partial charge is 0.289 e. The molecule has 0 aliphatic carbocycles. The summed E-state index contributed by atoms with van der Waals surface area (Å²) in [6.45, 7) is 1.91. The summed E-state index contributed by atoms with van der Waals surface area (Å²) in [5, 5.41) is 2.46. The summed E-state index contributed by atoms with van der Waals surface area (Å²) in [6.07, 6.45) is 3.37. The lowest BCUT2D eigenvalue weighted by molar-refractivity contribution is 0.104. The van der Waals surface area contributed by atoms with Crippen LogP contribution < -0.4 is 0 Å². The van der Waals surface area contributed by atoms with Crippen LogP contribution in [0.25, 0.3) is 10.8 Å². The number of fused-ring (bicyclic) bond motifs is 1. The van der Waals surface area contributed by atoms with Crippen molar-refractivity contribution in [1.82, 2.24) is 4.98 Å². The van der Waals surface area contributed by atoms with Gasteiger partial charge in [0.05, 0.1) is 0 Å². The molecule has 1 aromatic heterocycles. The van der Waals surface area contributed by atoms with Crippen LogP contribution >= 0.6 is 11.6 Å². The lowest BCUT2D eigenvalue weighted by Gasteiger charge is -2.06. The van der Waals surface area contributed by atoms with Crippen LogP contribution in [-0.2, 0) is 0 Å². The molecule has 2 nitrogen and oxygen atoms in total. The molecule has 0 aliphatic heterocycles. The zero-order valence-corrected chi connectivity index (χ0v) is 11.7. The maximum Gasteiger partial charge on any atom is 0.195 e. The number of hydrogen-bond acceptors (Lipinski definition) is 2. The van der Waals surface area contributed by atoms with Crippen molar-refractivity contribution in [3.63, 3.8) is 0 Å². The summed E-state index contributed by atoms with van der Waals surface area (Å²) in [6, 6.07) is 13.1. The lowest BCUT2D eigenvalue weighted by atomic mass is 9.99. The Hall–Kier alpha value is -2.19. The van der Waals surface area contributed by atoms with Crippen molar-refractivity contribution in [3.8, 4) is 0 Å². The van der Waals surface area contributed by atoms with Gasteiger partial charge in [0.1, 0.15) is 0 Å². The molecule has 3 aromatic rings. The van der Waals surface area contributed by atoms with E-state index in [0.29, 0.717) is 16.1 Å². The Kier molecular flexibility index (Phi) is 3.25. The van der Waals surface area contributed by atoms with E-state index in [1.54, 1.807) is 24.5 Å². The summed E-state index contributed by atoms with van der Waals surface area (Å²) in [5.41, 5.74) is 2.14. The Labute approximate surface area is 122 Å². The molecule has 20 heavy (non-hydrogen) atoms. The first-order valence-corrected chi connectivity index (χ1v) is 6.68. The lowest BCUT2D eigenvalue weighted by Crippen LogP contribution is -2.03. The van der Waals surface area contributed by atoms with Crippen LogP contribution in [0.5, 0.6) is 0 Å². The Balaban J connectivity index is 2.15. The minimum absolute atomic E-state index is 0.0591. The molecule has 0 amide bonds. The van der Waals surface area contributed by atoms with Gasteiger partial charge in [-0.05, 0) is 23.9 Å². The maximum atomic E-state index is 12.6. The maximum absolute atomic E-state index is 12.6. The first-order chi connectivity index (χ1) is 9.66. The van der Waals surface area contributed by atoms with Crippen molar-refractivity contribution in [2.45, 2.75) is 6.92 Å². The van der Waals surface area contributed by atoms with Crippen molar-refractivity contribution in [2.75, 3.05) is 0 Å². The molecule has 0 bridgehead atoms. The molecule has 0 spiro atoms. The van der Waals surface area contributed by atoms with E-state index in [1.165, 1.54) is 0 Å². The topological polar surface area (TPSA) is 30.0 Å². The van der Waals surface area contributed by atoms with Gasteiger partial charge in [0.15, 0.2) is 5.78 Å². The normalized spacial score (nSPS) is 10.7. The van der Waals surface area contributed by atoms with Crippen molar-refractivity contribution in [2.24, 2.45) is 0 Å². The molecule has 0 saturated carbocycles. The molecular weight excluding hydrogens is 270 g/mol. The third-order valence-electron chi connectivity index (χ3n) is 3.35. The van der Waals surface area contributed by atoms with Gasteiger partial charge in [-0.25, -0.2) is 0 Å². The second kappa shape index (κ2) is 5.06. The van der Waals surface area contributed by atoms with Crippen LogP contribution in [0.2, 0.25) is 5.02 Å². The number of ketones is 1. The van der Waals surface area contributed by atoms with Gasteiger partial charge in [-0.2, -0.15) is 0 Å². The highest BCUT2D eigenvalue weighted by Crippen LogP contribution is 2.23. The molecule has 0 saturated heterocycles. The van der Waals surface area contributed by atoms with Gasteiger partial charge in [-0.15, -0.1) is 0 Å². The van der Waals surface area contributed by atoms with E-state index in [4.69, 9.17) is 11.6 Å². The molecule has 3 rings (SSSR count). The van der Waals surface area contributed by atoms with Gasteiger partial charge in [0, 0.05) is 33.9 Å². The van der Waals surface area contributed by atoms with E-state index in [9.17, 15) is 4.79 Å². The Bertz CT molecular complexity index is 806. The predicted octanol–water partition coefficient (Wildman–Crippen LogP) is 4.43. The van der Waals surface area contributed by atoms with Crippen LogP contribution in [0.1, 0.15) is 21.5 Å². The number of carbonyl (C=O) groups is 1. The second-order valence-corrected chi connectivity index (χ2v) is 5.11. The predicted molar refractivity (Wildman–Crippen MR) is 81.4 cm³/mol. The number of rotatable bonds is 2. The molecule has 0 radical (unpaired) electrons. The van der Waals surface area contributed by atoms with Gasteiger partial charge >= 0.3 is 0 Å². The third kappa shape index (κ3) is 2.19. The average molecular weight is 282 g/mol. The fourth-order valence-electron chi connectivity index (χ4n) is 2.19. The van der Waals surface area contributed by atoms with Gasteiger partial charge in [0.25, 0.3) is 0 Å². The summed E-state index contributed by atoms with van der Waals surface area (Å²) in [5.74, 6) is -0.0591. The zero-order chi connectivity index (χ0) is 14.1. The first-order valence-electron chi connectivity index (χ1n) is 6.30. The number of benzene rings is 2. The van der Waals surface area contributed by atoms with Crippen LogP contribution in [0, 0.1) is 6.92 Å². The zero-order valence-electron chi connectivity index (χ0n) is 10.9. The van der Waals surface area contributed by atoms with Gasteiger partial charge in [0.2, 0.25) is 0 Å². The number of pyridine rings is 1.